The van der Waals surface area contributed by atoms with E-state index in [1.807, 2.05) is 43.8 Å². The lowest BCUT2D eigenvalue weighted by molar-refractivity contribution is 1.07. The lowest BCUT2D eigenvalue weighted by Gasteiger charge is -2.13. The van der Waals surface area contributed by atoms with E-state index in [4.69, 9.17) is 5.73 Å². The minimum absolute atomic E-state index is 0.458. The molecule has 0 unspecified atom stereocenters. The van der Waals surface area contributed by atoms with Crippen molar-refractivity contribution >= 4 is 22.8 Å². The third-order valence-corrected chi connectivity index (χ3v) is 3.40. The zero-order valence-electron chi connectivity index (χ0n) is 11.8. The fourth-order valence-electron chi connectivity index (χ4n) is 2.27. The van der Waals surface area contributed by atoms with Crippen molar-refractivity contribution in [1.82, 2.24) is 14.5 Å². The molecule has 3 aromatic rings. The van der Waals surface area contributed by atoms with Gasteiger partial charge in [0.1, 0.15) is 5.52 Å². The van der Waals surface area contributed by atoms with Gasteiger partial charge in [-0.15, -0.1) is 0 Å². The summed E-state index contributed by atoms with van der Waals surface area (Å²) in [5, 5.41) is 0. The van der Waals surface area contributed by atoms with Gasteiger partial charge in [-0.2, -0.15) is 0 Å². The molecule has 2 heterocycles. The van der Waals surface area contributed by atoms with E-state index in [1.165, 1.54) is 0 Å². The fourth-order valence-corrected chi connectivity index (χ4v) is 2.27. The van der Waals surface area contributed by atoms with Crippen LogP contribution in [0, 0.1) is 6.92 Å². The second-order valence-electron chi connectivity index (χ2n) is 5.02. The van der Waals surface area contributed by atoms with Gasteiger partial charge in [-0.1, -0.05) is 0 Å². The van der Waals surface area contributed by atoms with Gasteiger partial charge in [0.15, 0.2) is 5.65 Å². The number of nitrogens with two attached hydrogens (primary N) is 1. The molecule has 0 aliphatic heterocycles. The van der Waals surface area contributed by atoms with E-state index in [-0.39, 0.29) is 0 Å². The van der Waals surface area contributed by atoms with Gasteiger partial charge in [0.05, 0.1) is 5.69 Å². The molecule has 0 amide bonds. The van der Waals surface area contributed by atoms with Crippen LogP contribution in [0.1, 0.15) is 5.56 Å². The van der Waals surface area contributed by atoms with Crippen molar-refractivity contribution in [2.75, 3.05) is 24.7 Å². The maximum Gasteiger partial charge on any atom is 0.207 e. The average Bonchev–Trinajstić information content (AvgIpc) is 2.77. The molecular weight excluding hydrogens is 250 g/mol. The van der Waals surface area contributed by atoms with Gasteiger partial charge in [-0.05, 0) is 42.8 Å². The van der Waals surface area contributed by atoms with Crippen LogP contribution in [0.4, 0.5) is 11.6 Å². The smallest absolute Gasteiger partial charge is 0.207 e. The summed E-state index contributed by atoms with van der Waals surface area (Å²) in [6.07, 6.45) is 1.78. The molecule has 2 N–H and O–H groups in total. The van der Waals surface area contributed by atoms with Crippen LogP contribution < -0.4 is 10.6 Å². The monoisotopic (exact) mass is 267 g/mol. The molecule has 0 aliphatic carbocycles. The molecular formula is C15H17N5. The highest BCUT2D eigenvalue weighted by Gasteiger charge is 2.12. The van der Waals surface area contributed by atoms with Crippen molar-refractivity contribution in [3.8, 4) is 5.69 Å². The van der Waals surface area contributed by atoms with Crippen LogP contribution >= 0.6 is 0 Å². The van der Waals surface area contributed by atoms with Gasteiger partial charge in [-0.25, -0.2) is 9.97 Å². The van der Waals surface area contributed by atoms with Crippen LogP contribution in [0.25, 0.3) is 16.9 Å². The lowest BCUT2D eigenvalue weighted by atomic mass is 10.2. The summed E-state index contributed by atoms with van der Waals surface area (Å²) < 4.78 is 1.88. The maximum absolute atomic E-state index is 6.05. The van der Waals surface area contributed by atoms with Gasteiger partial charge >= 0.3 is 0 Å². The minimum Gasteiger partial charge on any atom is -0.378 e. The van der Waals surface area contributed by atoms with E-state index >= 15 is 0 Å². The highest BCUT2D eigenvalue weighted by atomic mass is 15.2. The Balaban J connectivity index is 2.19. The van der Waals surface area contributed by atoms with E-state index in [0.717, 1.165) is 28.1 Å². The lowest BCUT2D eigenvalue weighted by Crippen LogP contribution is -2.08. The Hall–Kier alpha value is -2.56. The number of anilines is 2. The van der Waals surface area contributed by atoms with Crippen LogP contribution in [0.2, 0.25) is 0 Å². The first-order valence-electron chi connectivity index (χ1n) is 6.45. The first kappa shape index (κ1) is 12.5. The Kier molecular flexibility index (Phi) is 2.82. The Morgan fingerprint density at radius 1 is 1.10 bits per heavy atom. The molecule has 5 heteroatoms. The largest absolute Gasteiger partial charge is 0.378 e. The summed E-state index contributed by atoms with van der Waals surface area (Å²) in [5.41, 5.74) is 10.9. The van der Waals surface area contributed by atoms with Crippen LogP contribution in [-0.4, -0.2) is 28.6 Å². The van der Waals surface area contributed by atoms with Gasteiger partial charge < -0.3 is 10.6 Å². The average molecular weight is 267 g/mol. The third kappa shape index (κ3) is 1.87. The predicted molar refractivity (Wildman–Crippen MR) is 82.3 cm³/mol. The molecule has 0 spiro atoms. The topological polar surface area (TPSA) is 60.0 Å². The summed E-state index contributed by atoms with van der Waals surface area (Å²) in [6, 6.07) is 10.1. The number of rotatable bonds is 2. The van der Waals surface area contributed by atoms with Crippen LogP contribution in [0.3, 0.4) is 0 Å². The highest BCUT2D eigenvalue weighted by Crippen LogP contribution is 2.24. The number of benzene rings is 1. The standard InChI is InChI=1S/C15H17N5/c1-10-8-9-17-14-13(10)18-15(16)20(14)12-6-4-11(5-7-12)19(2)3/h4-9H,1-3H3,(H2,16,18). The molecule has 2 aromatic heterocycles. The van der Waals surface area contributed by atoms with Crippen molar-refractivity contribution in [2.45, 2.75) is 6.92 Å². The van der Waals surface area contributed by atoms with E-state index in [9.17, 15) is 0 Å². The highest BCUT2D eigenvalue weighted by molar-refractivity contribution is 5.80. The summed E-state index contributed by atoms with van der Waals surface area (Å²) in [5.74, 6) is 0.458. The molecule has 0 bridgehead atoms. The Morgan fingerprint density at radius 2 is 1.80 bits per heavy atom. The van der Waals surface area contributed by atoms with E-state index in [2.05, 4.69) is 27.0 Å². The van der Waals surface area contributed by atoms with E-state index in [0.29, 0.717) is 5.95 Å². The van der Waals surface area contributed by atoms with Crippen LogP contribution in [-0.2, 0) is 0 Å². The van der Waals surface area contributed by atoms with Crippen molar-refractivity contribution in [3.05, 3.63) is 42.1 Å². The molecule has 3 rings (SSSR count). The number of fused-ring (bicyclic) bond motifs is 1. The molecule has 0 saturated carbocycles. The van der Waals surface area contributed by atoms with Crippen molar-refractivity contribution in [1.29, 1.82) is 0 Å². The van der Waals surface area contributed by atoms with Gasteiger partial charge in [-0.3, -0.25) is 4.57 Å². The van der Waals surface area contributed by atoms with Crippen molar-refractivity contribution < 1.29 is 0 Å². The molecule has 5 nitrogen and oxygen atoms in total. The Bertz CT molecular complexity index is 756. The number of pyridine rings is 1. The normalized spacial score (nSPS) is 10.9. The first-order chi connectivity index (χ1) is 9.58. The number of hydrogen-bond acceptors (Lipinski definition) is 4. The number of aromatic nitrogens is 3. The number of imidazole rings is 1. The second-order valence-corrected chi connectivity index (χ2v) is 5.02. The van der Waals surface area contributed by atoms with Gasteiger partial charge in [0, 0.05) is 26.0 Å². The first-order valence-corrected chi connectivity index (χ1v) is 6.45. The van der Waals surface area contributed by atoms with E-state index < -0.39 is 0 Å². The van der Waals surface area contributed by atoms with Crippen molar-refractivity contribution in [3.63, 3.8) is 0 Å². The van der Waals surface area contributed by atoms with Crippen LogP contribution in [0.5, 0.6) is 0 Å². The van der Waals surface area contributed by atoms with Gasteiger partial charge in [0.2, 0.25) is 5.95 Å². The molecule has 0 fully saturated rings. The summed E-state index contributed by atoms with van der Waals surface area (Å²) in [7, 11) is 4.03. The van der Waals surface area contributed by atoms with E-state index in [1.54, 1.807) is 6.20 Å². The zero-order valence-corrected chi connectivity index (χ0v) is 11.8. The van der Waals surface area contributed by atoms with Crippen LogP contribution in [0.15, 0.2) is 36.5 Å². The maximum atomic E-state index is 6.05. The Labute approximate surface area is 117 Å². The number of nitrogens with zero attached hydrogens (tertiary/aromatic N) is 4. The molecule has 102 valence electrons. The minimum atomic E-state index is 0.458. The third-order valence-electron chi connectivity index (χ3n) is 3.40. The molecule has 0 radical (unpaired) electrons. The fraction of sp³-hybridized carbons (Fsp3) is 0.200. The zero-order chi connectivity index (χ0) is 14.3. The molecule has 0 atom stereocenters. The Morgan fingerprint density at radius 3 is 2.45 bits per heavy atom. The second kappa shape index (κ2) is 4.52. The molecule has 1 aromatic carbocycles. The van der Waals surface area contributed by atoms with Crippen molar-refractivity contribution in [2.24, 2.45) is 0 Å². The summed E-state index contributed by atoms with van der Waals surface area (Å²) >= 11 is 0. The number of aryl methyl sites for hydroxylation is 1. The summed E-state index contributed by atoms with van der Waals surface area (Å²) in [4.78, 5) is 10.9. The SMILES string of the molecule is Cc1ccnc2c1nc(N)n2-c1ccc(N(C)C)cc1. The predicted octanol–water partition coefficient (Wildman–Crippen LogP) is 2.38. The molecule has 0 aliphatic rings. The summed E-state index contributed by atoms with van der Waals surface area (Å²) in [6.45, 7) is 2.01. The van der Waals surface area contributed by atoms with Gasteiger partial charge in [0.25, 0.3) is 0 Å². The molecule has 20 heavy (non-hydrogen) atoms. The number of hydrogen-bond donors (Lipinski definition) is 1. The molecule has 0 saturated heterocycles. The number of nitrogen functional groups attached to an aromatic ring is 1. The quantitative estimate of drug-likeness (QED) is 0.774.